The molecule has 1 heterocycles. The molecule has 0 aromatic heterocycles. The number of carbonyl (C=O) groups excluding carboxylic acids is 3. The fourth-order valence-corrected chi connectivity index (χ4v) is 1.81. The number of carbonyl (C=O) groups is 3. The molecular weight excluding hydrogens is 232 g/mol. The van der Waals surface area contributed by atoms with Crippen LogP contribution >= 0.6 is 0 Å². The molecule has 0 bridgehead atoms. The molecule has 0 radical (unpaired) electrons. The van der Waals surface area contributed by atoms with Gasteiger partial charge in [0.25, 0.3) is 0 Å². The number of hydrogen-bond donors (Lipinski definition) is 1. The third-order valence-electron chi connectivity index (χ3n) is 2.78. The van der Waals surface area contributed by atoms with Gasteiger partial charge in [-0.15, -0.1) is 0 Å². The summed E-state index contributed by atoms with van der Waals surface area (Å²) < 4.78 is 0. The maximum Gasteiger partial charge on any atom is 0.246 e. The number of nitrogens with one attached hydrogen (secondary N) is 1. The van der Waals surface area contributed by atoms with Crippen LogP contribution in [-0.4, -0.2) is 35.7 Å². The van der Waals surface area contributed by atoms with Gasteiger partial charge in [-0.2, -0.15) is 0 Å². The molecule has 5 heteroatoms. The zero-order chi connectivity index (χ0) is 13.1. The summed E-state index contributed by atoms with van der Waals surface area (Å²) in [5.74, 6) is -1.06. The highest BCUT2D eigenvalue weighted by molar-refractivity contribution is 6.02. The molecule has 3 amide bonds. The van der Waals surface area contributed by atoms with E-state index >= 15 is 0 Å². The molecule has 1 aliphatic heterocycles. The largest absolute Gasteiger partial charge is 0.324 e. The fraction of sp³-hybridized carbons (Fsp3) is 0.308. The smallest absolute Gasteiger partial charge is 0.246 e. The Bertz CT molecular complexity index is 477. The summed E-state index contributed by atoms with van der Waals surface area (Å²) in [6.07, 6.45) is 0.209. The van der Waals surface area contributed by atoms with Crippen LogP contribution in [0.15, 0.2) is 24.3 Å². The van der Waals surface area contributed by atoms with Gasteiger partial charge in [-0.25, -0.2) is 0 Å². The van der Waals surface area contributed by atoms with Gasteiger partial charge < -0.3 is 4.90 Å². The Morgan fingerprint density at radius 3 is 2.28 bits per heavy atom. The Morgan fingerprint density at radius 1 is 1.17 bits per heavy atom. The van der Waals surface area contributed by atoms with Crippen molar-refractivity contribution in [3.63, 3.8) is 0 Å². The number of imide groups is 1. The zero-order valence-electron chi connectivity index (χ0n) is 10.1. The van der Waals surface area contributed by atoms with Crippen molar-refractivity contribution in [3.8, 4) is 0 Å². The number of rotatable bonds is 2. The van der Waals surface area contributed by atoms with E-state index in [0.717, 1.165) is 11.1 Å². The molecule has 1 aromatic rings. The number of piperazine rings is 1. The SMILES string of the molecule is Cc1ccc(CC(=O)N2CC(=O)NC(=O)C2)cc1. The van der Waals surface area contributed by atoms with Crippen LogP contribution in [0.4, 0.5) is 0 Å². The van der Waals surface area contributed by atoms with E-state index in [1.54, 1.807) is 0 Å². The van der Waals surface area contributed by atoms with Crippen LogP contribution in [0.5, 0.6) is 0 Å². The molecule has 0 aliphatic carbocycles. The van der Waals surface area contributed by atoms with E-state index in [9.17, 15) is 14.4 Å². The van der Waals surface area contributed by atoms with Gasteiger partial charge in [0, 0.05) is 0 Å². The number of aryl methyl sites for hydroxylation is 1. The molecule has 1 aromatic carbocycles. The van der Waals surface area contributed by atoms with Crippen LogP contribution in [-0.2, 0) is 20.8 Å². The molecule has 1 saturated heterocycles. The summed E-state index contributed by atoms with van der Waals surface area (Å²) in [5.41, 5.74) is 2.00. The summed E-state index contributed by atoms with van der Waals surface area (Å²) in [4.78, 5) is 35.5. The van der Waals surface area contributed by atoms with E-state index < -0.39 is 11.8 Å². The molecule has 5 nitrogen and oxygen atoms in total. The van der Waals surface area contributed by atoms with Crippen molar-refractivity contribution in [2.75, 3.05) is 13.1 Å². The molecular formula is C13H14N2O3. The van der Waals surface area contributed by atoms with E-state index in [4.69, 9.17) is 0 Å². The van der Waals surface area contributed by atoms with Crippen molar-refractivity contribution in [1.29, 1.82) is 0 Å². The van der Waals surface area contributed by atoms with Gasteiger partial charge in [0.1, 0.15) is 13.1 Å². The van der Waals surface area contributed by atoms with E-state index in [2.05, 4.69) is 5.32 Å². The van der Waals surface area contributed by atoms with Crippen molar-refractivity contribution in [2.45, 2.75) is 13.3 Å². The Hall–Kier alpha value is -2.17. The van der Waals surface area contributed by atoms with Gasteiger partial charge in [0.15, 0.2) is 0 Å². The Morgan fingerprint density at radius 2 is 1.72 bits per heavy atom. The second kappa shape index (κ2) is 5.00. The predicted molar refractivity (Wildman–Crippen MR) is 64.6 cm³/mol. The summed E-state index contributed by atoms with van der Waals surface area (Å²) in [5, 5.41) is 2.16. The van der Waals surface area contributed by atoms with Crippen molar-refractivity contribution >= 4 is 17.7 Å². The molecule has 1 N–H and O–H groups in total. The maximum atomic E-state index is 11.9. The first-order chi connectivity index (χ1) is 8.54. The summed E-state index contributed by atoms with van der Waals surface area (Å²) in [6.45, 7) is 1.88. The van der Waals surface area contributed by atoms with Crippen LogP contribution in [0.1, 0.15) is 11.1 Å². The Labute approximate surface area is 105 Å². The molecule has 0 spiro atoms. The van der Waals surface area contributed by atoms with Crippen molar-refractivity contribution in [1.82, 2.24) is 10.2 Å². The minimum atomic E-state index is -0.427. The average molecular weight is 246 g/mol. The summed E-state index contributed by atoms with van der Waals surface area (Å²) in [7, 11) is 0. The lowest BCUT2D eigenvalue weighted by molar-refractivity contribution is -0.145. The highest BCUT2D eigenvalue weighted by Crippen LogP contribution is 2.06. The van der Waals surface area contributed by atoms with Crippen molar-refractivity contribution in [2.24, 2.45) is 0 Å². The van der Waals surface area contributed by atoms with Gasteiger partial charge in [-0.1, -0.05) is 29.8 Å². The number of benzene rings is 1. The lowest BCUT2D eigenvalue weighted by Gasteiger charge is -2.25. The number of hydrogen-bond acceptors (Lipinski definition) is 3. The Kier molecular flexibility index (Phi) is 3.41. The Balaban J connectivity index is 2.01. The molecule has 0 atom stereocenters. The zero-order valence-corrected chi connectivity index (χ0v) is 10.1. The normalized spacial score (nSPS) is 15.5. The summed E-state index contributed by atoms with van der Waals surface area (Å²) in [6, 6.07) is 7.60. The van der Waals surface area contributed by atoms with Crippen LogP contribution < -0.4 is 5.32 Å². The fourth-order valence-electron chi connectivity index (χ4n) is 1.81. The quantitative estimate of drug-likeness (QED) is 0.748. The van der Waals surface area contributed by atoms with Crippen molar-refractivity contribution < 1.29 is 14.4 Å². The first kappa shape index (κ1) is 12.3. The highest BCUT2D eigenvalue weighted by Gasteiger charge is 2.25. The molecule has 0 saturated carbocycles. The van der Waals surface area contributed by atoms with Gasteiger partial charge in [0.2, 0.25) is 17.7 Å². The van der Waals surface area contributed by atoms with Crippen LogP contribution in [0, 0.1) is 6.92 Å². The standard InChI is InChI=1S/C13H14N2O3/c1-9-2-4-10(5-3-9)6-13(18)15-7-11(16)14-12(17)8-15/h2-5H,6-8H2,1H3,(H,14,16,17). The first-order valence-corrected chi connectivity index (χ1v) is 5.70. The van der Waals surface area contributed by atoms with Crippen molar-refractivity contribution in [3.05, 3.63) is 35.4 Å². The summed E-state index contributed by atoms with van der Waals surface area (Å²) >= 11 is 0. The van der Waals surface area contributed by atoms with E-state index in [0.29, 0.717) is 0 Å². The van der Waals surface area contributed by atoms with E-state index in [1.165, 1.54) is 4.90 Å². The number of nitrogens with zero attached hydrogens (tertiary/aromatic N) is 1. The minimum Gasteiger partial charge on any atom is -0.324 e. The van der Waals surface area contributed by atoms with Crippen LogP contribution in [0.2, 0.25) is 0 Å². The molecule has 0 unspecified atom stereocenters. The van der Waals surface area contributed by atoms with E-state index in [-0.39, 0.29) is 25.4 Å². The molecule has 94 valence electrons. The molecule has 18 heavy (non-hydrogen) atoms. The monoisotopic (exact) mass is 246 g/mol. The van der Waals surface area contributed by atoms with Gasteiger partial charge >= 0.3 is 0 Å². The number of amides is 3. The minimum absolute atomic E-state index is 0.0452. The van der Waals surface area contributed by atoms with Gasteiger partial charge in [-0.3, -0.25) is 19.7 Å². The third kappa shape index (κ3) is 2.94. The van der Waals surface area contributed by atoms with Crippen LogP contribution in [0.3, 0.4) is 0 Å². The average Bonchev–Trinajstić information content (AvgIpc) is 2.31. The lowest BCUT2D eigenvalue weighted by atomic mass is 10.1. The van der Waals surface area contributed by atoms with Gasteiger partial charge in [0.05, 0.1) is 6.42 Å². The maximum absolute atomic E-state index is 11.9. The lowest BCUT2D eigenvalue weighted by Crippen LogP contribution is -2.53. The molecule has 2 rings (SSSR count). The van der Waals surface area contributed by atoms with Crippen LogP contribution in [0.25, 0.3) is 0 Å². The predicted octanol–water partition coefficient (Wildman–Crippen LogP) is 0.0225. The topological polar surface area (TPSA) is 66.5 Å². The third-order valence-corrected chi connectivity index (χ3v) is 2.78. The van der Waals surface area contributed by atoms with E-state index in [1.807, 2.05) is 31.2 Å². The highest BCUT2D eigenvalue weighted by atomic mass is 16.2. The molecule has 1 fully saturated rings. The van der Waals surface area contributed by atoms with Gasteiger partial charge in [-0.05, 0) is 12.5 Å². The second-order valence-corrected chi connectivity index (χ2v) is 4.38. The second-order valence-electron chi connectivity index (χ2n) is 4.38. The molecule has 1 aliphatic rings. The first-order valence-electron chi connectivity index (χ1n) is 5.70.